The van der Waals surface area contributed by atoms with E-state index >= 15 is 0 Å². The Kier molecular flexibility index (Phi) is 8.06. The Morgan fingerprint density at radius 2 is 1.88 bits per heavy atom. The van der Waals surface area contributed by atoms with Crippen molar-refractivity contribution in [3.63, 3.8) is 0 Å². The van der Waals surface area contributed by atoms with Crippen LogP contribution in [-0.4, -0.2) is 44.1 Å². The maximum atomic E-state index is 12.9. The number of aliphatic imine (C=N–C) groups is 1. The molecule has 0 radical (unpaired) electrons. The molecule has 0 aliphatic heterocycles. The van der Waals surface area contributed by atoms with Crippen LogP contribution in [0.1, 0.15) is 32.3 Å². The van der Waals surface area contributed by atoms with Crippen LogP contribution in [0.4, 0.5) is 17.1 Å². The van der Waals surface area contributed by atoms with Crippen LogP contribution in [0, 0.1) is 0 Å². The van der Waals surface area contributed by atoms with E-state index in [4.69, 9.17) is 4.74 Å². The molecule has 3 aromatic rings. The van der Waals surface area contributed by atoms with Crippen LogP contribution in [0.2, 0.25) is 0 Å². The van der Waals surface area contributed by atoms with E-state index < -0.39 is 0 Å². The maximum absolute atomic E-state index is 12.9. The minimum absolute atomic E-state index is 0.0545. The van der Waals surface area contributed by atoms with Crippen molar-refractivity contribution in [2.24, 2.45) is 12.0 Å². The summed E-state index contributed by atoms with van der Waals surface area (Å²) in [4.78, 5) is 19.5. The van der Waals surface area contributed by atoms with Crippen molar-refractivity contribution >= 4 is 33.7 Å². The quantitative estimate of drug-likeness (QED) is 0.361. The third-order valence-corrected chi connectivity index (χ3v) is 5.68. The second-order valence-corrected chi connectivity index (χ2v) is 7.91. The van der Waals surface area contributed by atoms with Gasteiger partial charge in [0.05, 0.1) is 12.1 Å². The van der Waals surface area contributed by atoms with E-state index in [0.29, 0.717) is 12.3 Å². The smallest absolute Gasteiger partial charge is 0.274 e. The number of aromatic nitrogens is 1. The molecule has 0 saturated heterocycles. The number of benzene rings is 2. The lowest BCUT2D eigenvalue weighted by Crippen LogP contribution is -2.22. The number of fused-ring (bicyclic) bond motifs is 1. The number of ether oxygens (including phenoxy) is 1. The van der Waals surface area contributed by atoms with Crippen molar-refractivity contribution < 1.29 is 4.74 Å². The summed E-state index contributed by atoms with van der Waals surface area (Å²) in [6, 6.07) is 16.2. The number of hydrogen-bond acceptors (Lipinski definition) is 5. The van der Waals surface area contributed by atoms with Crippen LogP contribution < -0.4 is 15.8 Å². The van der Waals surface area contributed by atoms with Crippen LogP contribution in [0.5, 0.6) is 0 Å². The standard InChI is InChI=1S/C26H34N4O2/c1-6-8-23(27-3)19-9-14-25-20(17-19)18-24(26(31)30(25)5)28-21-10-12-22(13-11-21)29(4)15-16-32-7-2/h9-14,17-18,28H,6-8,15-16H2,1-5H3/b27-23+. The molecule has 0 spiro atoms. The third-order valence-electron chi connectivity index (χ3n) is 5.68. The molecule has 0 fully saturated rings. The Balaban J connectivity index is 1.86. The first-order valence-electron chi connectivity index (χ1n) is 11.2. The Morgan fingerprint density at radius 1 is 1.12 bits per heavy atom. The monoisotopic (exact) mass is 434 g/mol. The van der Waals surface area contributed by atoms with Gasteiger partial charge >= 0.3 is 0 Å². The lowest BCUT2D eigenvalue weighted by Gasteiger charge is -2.19. The average molecular weight is 435 g/mol. The first-order chi connectivity index (χ1) is 15.5. The normalized spacial score (nSPS) is 11.7. The summed E-state index contributed by atoms with van der Waals surface area (Å²) >= 11 is 0. The molecule has 2 aromatic carbocycles. The van der Waals surface area contributed by atoms with Gasteiger partial charge in [-0.15, -0.1) is 0 Å². The second kappa shape index (κ2) is 11.0. The number of nitrogens with one attached hydrogen (secondary N) is 1. The highest BCUT2D eigenvalue weighted by atomic mass is 16.5. The predicted octanol–water partition coefficient (Wildman–Crippen LogP) is 4.97. The molecule has 1 N–H and O–H groups in total. The number of pyridine rings is 1. The minimum Gasteiger partial charge on any atom is -0.380 e. The summed E-state index contributed by atoms with van der Waals surface area (Å²) in [6.07, 6.45) is 1.98. The molecule has 0 saturated carbocycles. The Morgan fingerprint density at radius 3 is 2.53 bits per heavy atom. The summed E-state index contributed by atoms with van der Waals surface area (Å²) in [7, 11) is 5.69. The molecule has 0 aliphatic rings. The van der Waals surface area contributed by atoms with Crippen molar-refractivity contribution in [1.29, 1.82) is 0 Å². The summed E-state index contributed by atoms with van der Waals surface area (Å²) in [5.74, 6) is 0. The molecular formula is C26H34N4O2. The molecule has 6 heteroatoms. The summed E-state index contributed by atoms with van der Waals surface area (Å²) in [5, 5.41) is 4.32. The number of aryl methyl sites for hydroxylation is 1. The van der Waals surface area contributed by atoms with Crippen molar-refractivity contribution in [2.75, 3.05) is 44.1 Å². The van der Waals surface area contributed by atoms with Gasteiger partial charge in [-0.1, -0.05) is 19.4 Å². The van der Waals surface area contributed by atoms with Gasteiger partial charge in [-0.05, 0) is 61.4 Å². The molecule has 0 bridgehead atoms. The maximum Gasteiger partial charge on any atom is 0.274 e. The van der Waals surface area contributed by atoms with E-state index in [9.17, 15) is 4.79 Å². The Labute approximate surface area is 190 Å². The van der Waals surface area contributed by atoms with Gasteiger partial charge in [0.15, 0.2) is 0 Å². The van der Waals surface area contributed by atoms with E-state index in [1.165, 1.54) is 0 Å². The zero-order valence-corrected chi connectivity index (χ0v) is 19.8. The largest absolute Gasteiger partial charge is 0.380 e. The number of rotatable bonds is 10. The fourth-order valence-electron chi connectivity index (χ4n) is 3.80. The minimum atomic E-state index is -0.0545. The van der Waals surface area contributed by atoms with Crippen LogP contribution in [0.3, 0.4) is 0 Å². The predicted molar refractivity (Wildman–Crippen MR) is 136 cm³/mol. The molecular weight excluding hydrogens is 400 g/mol. The van der Waals surface area contributed by atoms with Gasteiger partial charge in [0.1, 0.15) is 5.69 Å². The Bertz CT molecular complexity index is 1130. The molecule has 3 rings (SSSR count). The zero-order chi connectivity index (χ0) is 23.1. The number of anilines is 3. The highest BCUT2D eigenvalue weighted by molar-refractivity contribution is 6.03. The lowest BCUT2D eigenvalue weighted by atomic mass is 10.0. The van der Waals surface area contributed by atoms with Gasteiger partial charge in [-0.25, -0.2) is 0 Å². The second-order valence-electron chi connectivity index (χ2n) is 7.91. The molecule has 0 amide bonds. The third kappa shape index (κ3) is 5.37. The molecule has 0 aliphatic carbocycles. The van der Waals surface area contributed by atoms with Gasteiger partial charge in [0, 0.05) is 56.8 Å². The van der Waals surface area contributed by atoms with Crippen LogP contribution in [-0.2, 0) is 11.8 Å². The number of nitrogens with zero attached hydrogens (tertiary/aromatic N) is 3. The average Bonchev–Trinajstić information content (AvgIpc) is 2.81. The van der Waals surface area contributed by atoms with E-state index in [2.05, 4.69) is 28.2 Å². The SMILES string of the molecule is CCC/C(=N\C)c1ccc2c(c1)cc(Nc1ccc(N(C)CCOCC)cc1)c(=O)n2C. The van der Waals surface area contributed by atoms with E-state index in [1.807, 2.05) is 70.5 Å². The molecule has 6 nitrogen and oxygen atoms in total. The molecule has 0 unspecified atom stereocenters. The van der Waals surface area contributed by atoms with Crippen molar-refractivity contribution in [3.05, 3.63) is 64.4 Å². The molecule has 0 atom stereocenters. The number of likely N-dealkylation sites (N-methyl/N-ethyl adjacent to an activating group) is 1. The Hall–Kier alpha value is -3.12. The van der Waals surface area contributed by atoms with Crippen LogP contribution in [0.15, 0.2) is 58.3 Å². The fraction of sp³-hybridized carbons (Fsp3) is 0.385. The summed E-state index contributed by atoms with van der Waals surface area (Å²) < 4.78 is 7.13. The van der Waals surface area contributed by atoms with Crippen LogP contribution >= 0.6 is 0 Å². The van der Waals surface area contributed by atoms with Gasteiger partial charge < -0.3 is 19.5 Å². The van der Waals surface area contributed by atoms with Crippen LogP contribution in [0.25, 0.3) is 10.9 Å². The first-order valence-corrected chi connectivity index (χ1v) is 11.2. The first kappa shape index (κ1) is 23.5. The van der Waals surface area contributed by atoms with Gasteiger partial charge in [-0.3, -0.25) is 9.79 Å². The van der Waals surface area contributed by atoms with E-state index in [1.54, 1.807) is 4.57 Å². The van der Waals surface area contributed by atoms with Crippen molar-refractivity contribution in [1.82, 2.24) is 4.57 Å². The van der Waals surface area contributed by atoms with Crippen molar-refractivity contribution in [2.45, 2.75) is 26.7 Å². The van der Waals surface area contributed by atoms with E-state index in [-0.39, 0.29) is 5.56 Å². The topological polar surface area (TPSA) is 58.9 Å². The highest BCUT2D eigenvalue weighted by Gasteiger charge is 2.10. The fourth-order valence-corrected chi connectivity index (χ4v) is 3.80. The summed E-state index contributed by atoms with van der Waals surface area (Å²) in [5.41, 5.74) is 5.58. The van der Waals surface area contributed by atoms with Crippen molar-refractivity contribution in [3.8, 4) is 0 Å². The number of hydrogen-bond donors (Lipinski definition) is 1. The highest BCUT2D eigenvalue weighted by Crippen LogP contribution is 2.23. The summed E-state index contributed by atoms with van der Waals surface area (Å²) in [6.45, 7) is 6.41. The molecule has 170 valence electrons. The molecule has 1 heterocycles. The van der Waals surface area contributed by atoms with Gasteiger partial charge in [0.25, 0.3) is 5.56 Å². The van der Waals surface area contributed by atoms with E-state index in [0.717, 1.165) is 59.5 Å². The zero-order valence-electron chi connectivity index (χ0n) is 19.8. The molecule has 1 aromatic heterocycles. The van der Waals surface area contributed by atoms with Gasteiger partial charge in [-0.2, -0.15) is 0 Å². The lowest BCUT2D eigenvalue weighted by molar-refractivity contribution is 0.154. The van der Waals surface area contributed by atoms with Gasteiger partial charge in [0.2, 0.25) is 0 Å². The molecule has 32 heavy (non-hydrogen) atoms.